The van der Waals surface area contributed by atoms with Gasteiger partial charge < -0.3 is 9.64 Å². The van der Waals surface area contributed by atoms with Crippen LogP contribution < -0.4 is 0 Å². The number of benzene rings is 1. The average Bonchev–Trinajstić information content (AvgIpc) is 2.67. The van der Waals surface area contributed by atoms with Crippen LogP contribution in [0.15, 0.2) is 30.3 Å². The smallest absolute Gasteiger partial charge is 0.226 e. The van der Waals surface area contributed by atoms with E-state index in [2.05, 4.69) is 40.1 Å². The third-order valence-corrected chi connectivity index (χ3v) is 5.34. The zero-order valence-electron chi connectivity index (χ0n) is 15.4. The van der Waals surface area contributed by atoms with Gasteiger partial charge in [-0.25, -0.2) is 0 Å². The Bertz CT molecular complexity index is 531. The fourth-order valence-electron chi connectivity index (χ4n) is 3.78. The molecule has 2 saturated heterocycles. The predicted octanol–water partition coefficient (Wildman–Crippen LogP) is 1.69. The van der Waals surface area contributed by atoms with Crippen molar-refractivity contribution < 1.29 is 9.53 Å². The minimum absolute atomic E-state index is 0.146. The Morgan fingerprint density at radius 2 is 1.92 bits per heavy atom. The molecule has 0 spiro atoms. The van der Waals surface area contributed by atoms with E-state index < -0.39 is 0 Å². The topological polar surface area (TPSA) is 36.0 Å². The summed E-state index contributed by atoms with van der Waals surface area (Å²) in [7, 11) is 1.96. The van der Waals surface area contributed by atoms with Crippen LogP contribution >= 0.6 is 0 Å². The van der Waals surface area contributed by atoms with Gasteiger partial charge in [-0.05, 0) is 24.9 Å². The van der Waals surface area contributed by atoms with Crippen molar-refractivity contribution in [2.45, 2.75) is 19.4 Å². The first kappa shape index (κ1) is 18.4. The van der Waals surface area contributed by atoms with Crippen LogP contribution in [0.2, 0.25) is 0 Å². The van der Waals surface area contributed by atoms with Crippen LogP contribution in [0.1, 0.15) is 18.4 Å². The van der Waals surface area contributed by atoms with E-state index in [1.807, 2.05) is 11.9 Å². The maximum atomic E-state index is 12.8. The van der Waals surface area contributed by atoms with Gasteiger partial charge in [-0.1, -0.05) is 30.3 Å². The first-order valence-corrected chi connectivity index (χ1v) is 9.54. The minimum atomic E-state index is 0.146. The number of likely N-dealkylation sites (tertiary alicyclic amines) is 1. The quantitative estimate of drug-likeness (QED) is 0.786. The summed E-state index contributed by atoms with van der Waals surface area (Å²) < 4.78 is 5.38. The van der Waals surface area contributed by atoms with Crippen molar-refractivity contribution in [2.75, 3.05) is 59.5 Å². The van der Waals surface area contributed by atoms with Crippen LogP contribution in [-0.4, -0.2) is 80.1 Å². The molecule has 0 radical (unpaired) electrons. The molecular weight excluding hydrogens is 314 g/mol. The van der Waals surface area contributed by atoms with Crippen molar-refractivity contribution in [3.63, 3.8) is 0 Å². The standard InChI is InChI=1S/C20H31N3O2/c1-21(10-11-22-12-14-25-15-13-22)20(24)19-8-5-9-23(17-19)16-18-6-3-2-4-7-18/h2-4,6-7,19H,5,8-17H2,1H3. The van der Waals surface area contributed by atoms with Crippen molar-refractivity contribution in [3.05, 3.63) is 35.9 Å². The first-order chi connectivity index (χ1) is 12.2. The number of morpholine rings is 1. The van der Waals surface area contributed by atoms with E-state index in [4.69, 9.17) is 4.74 Å². The maximum absolute atomic E-state index is 12.8. The number of rotatable bonds is 6. The fraction of sp³-hybridized carbons (Fsp3) is 0.650. The number of hydrogen-bond acceptors (Lipinski definition) is 4. The third-order valence-electron chi connectivity index (χ3n) is 5.34. The molecule has 1 unspecified atom stereocenters. The lowest BCUT2D eigenvalue weighted by Crippen LogP contribution is -2.46. The molecule has 2 fully saturated rings. The second kappa shape index (κ2) is 9.32. The molecule has 0 aromatic heterocycles. The van der Waals surface area contributed by atoms with Gasteiger partial charge in [-0.15, -0.1) is 0 Å². The van der Waals surface area contributed by atoms with E-state index in [-0.39, 0.29) is 5.92 Å². The normalized spacial score (nSPS) is 22.7. The SMILES string of the molecule is CN(CCN1CCOCC1)C(=O)C1CCCN(Cc2ccccc2)C1. The predicted molar refractivity (Wildman–Crippen MR) is 99.3 cm³/mol. The molecule has 25 heavy (non-hydrogen) atoms. The summed E-state index contributed by atoms with van der Waals surface area (Å²) >= 11 is 0. The number of nitrogens with zero attached hydrogens (tertiary/aromatic N) is 3. The second-order valence-corrected chi connectivity index (χ2v) is 7.27. The van der Waals surface area contributed by atoms with E-state index in [0.717, 1.165) is 71.9 Å². The van der Waals surface area contributed by atoms with Crippen LogP contribution in [0.4, 0.5) is 0 Å². The summed E-state index contributed by atoms with van der Waals surface area (Å²) in [6.07, 6.45) is 2.13. The lowest BCUT2D eigenvalue weighted by molar-refractivity contribution is -0.136. The third kappa shape index (κ3) is 5.53. The van der Waals surface area contributed by atoms with E-state index in [1.54, 1.807) is 0 Å². The van der Waals surface area contributed by atoms with E-state index in [0.29, 0.717) is 5.91 Å². The number of likely N-dealkylation sites (N-methyl/N-ethyl adjacent to an activating group) is 1. The molecule has 2 heterocycles. The highest BCUT2D eigenvalue weighted by Gasteiger charge is 2.28. The Kier molecular flexibility index (Phi) is 6.84. The highest BCUT2D eigenvalue weighted by atomic mass is 16.5. The van der Waals surface area contributed by atoms with Crippen molar-refractivity contribution >= 4 is 5.91 Å². The van der Waals surface area contributed by atoms with Gasteiger partial charge in [0.2, 0.25) is 5.91 Å². The van der Waals surface area contributed by atoms with Gasteiger partial charge in [0.05, 0.1) is 19.1 Å². The molecule has 2 aliphatic heterocycles. The van der Waals surface area contributed by atoms with Crippen LogP contribution in [0.5, 0.6) is 0 Å². The molecule has 1 aromatic carbocycles. The average molecular weight is 345 g/mol. The number of piperidine rings is 1. The van der Waals surface area contributed by atoms with Gasteiger partial charge in [0.25, 0.3) is 0 Å². The van der Waals surface area contributed by atoms with E-state index >= 15 is 0 Å². The maximum Gasteiger partial charge on any atom is 0.226 e. The van der Waals surface area contributed by atoms with Gasteiger partial charge in [0, 0.05) is 46.3 Å². The number of ether oxygens (including phenoxy) is 1. The van der Waals surface area contributed by atoms with Crippen molar-refractivity contribution in [3.8, 4) is 0 Å². The zero-order valence-corrected chi connectivity index (χ0v) is 15.4. The first-order valence-electron chi connectivity index (χ1n) is 9.54. The molecule has 1 atom stereocenters. The number of carbonyl (C=O) groups excluding carboxylic acids is 1. The molecule has 138 valence electrons. The van der Waals surface area contributed by atoms with Gasteiger partial charge in [-0.3, -0.25) is 14.6 Å². The lowest BCUT2D eigenvalue weighted by Gasteiger charge is -2.35. The molecule has 5 nitrogen and oxygen atoms in total. The summed E-state index contributed by atoms with van der Waals surface area (Å²) in [5.74, 6) is 0.457. The van der Waals surface area contributed by atoms with Crippen molar-refractivity contribution in [1.29, 1.82) is 0 Å². The molecule has 0 aliphatic carbocycles. The summed E-state index contributed by atoms with van der Waals surface area (Å²) in [6.45, 7) is 8.28. The largest absolute Gasteiger partial charge is 0.379 e. The molecule has 3 rings (SSSR count). The zero-order chi connectivity index (χ0) is 17.5. The van der Waals surface area contributed by atoms with E-state index in [1.165, 1.54) is 5.56 Å². The van der Waals surface area contributed by atoms with Crippen LogP contribution in [-0.2, 0) is 16.1 Å². The second-order valence-electron chi connectivity index (χ2n) is 7.27. The molecule has 0 bridgehead atoms. The Balaban J connectivity index is 1.45. The molecule has 1 aromatic rings. The van der Waals surface area contributed by atoms with Crippen molar-refractivity contribution in [1.82, 2.24) is 14.7 Å². The van der Waals surface area contributed by atoms with Gasteiger partial charge in [0.1, 0.15) is 0 Å². The summed E-state index contributed by atoms with van der Waals surface area (Å²) in [4.78, 5) is 19.6. The molecule has 0 saturated carbocycles. The molecule has 0 N–H and O–H groups in total. The van der Waals surface area contributed by atoms with Gasteiger partial charge in [-0.2, -0.15) is 0 Å². The summed E-state index contributed by atoms with van der Waals surface area (Å²) in [5.41, 5.74) is 1.33. The van der Waals surface area contributed by atoms with Crippen molar-refractivity contribution in [2.24, 2.45) is 5.92 Å². The Morgan fingerprint density at radius 3 is 2.68 bits per heavy atom. The number of hydrogen-bond donors (Lipinski definition) is 0. The summed E-state index contributed by atoms with van der Waals surface area (Å²) in [6, 6.07) is 10.6. The lowest BCUT2D eigenvalue weighted by atomic mass is 9.96. The number of amides is 1. The molecular formula is C20H31N3O2. The summed E-state index contributed by atoms with van der Waals surface area (Å²) in [5, 5.41) is 0. The number of carbonyl (C=O) groups is 1. The Morgan fingerprint density at radius 1 is 1.16 bits per heavy atom. The highest BCUT2D eigenvalue weighted by Crippen LogP contribution is 2.20. The monoisotopic (exact) mass is 345 g/mol. The van der Waals surface area contributed by atoms with Gasteiger partial charge in [0.15, 0.2) is 0 Å². The van der Waals surface area contributed by atoms with Crippen LogP contribution in [0.3, 0.4) is 0 Å². The molecule has 2 aliphatic rings. The Labute approximate surface area is 151 Å². The minimum Gasteiger partial charge on any atom is -0.379 e. The van der Waals surface area contributed by atoms with Crippen LogP contribution in [0.25, 0.3) is 0 Å². The van der Waals surface area contributed by atoms with Crippen LogP contribution in [0, 0.1) is 5.92 Å². The Hall–Kier alpha value is -1.43. The molecule has 1 amide bonds. The van der Waals surface area contributed by atoms with E-state index in [9.17, 15) is 4.79 Å². The fourth-order valence-corrected chi connectivity index (χ4v) is 3.78. The highest BCUT2D eigenvalue weighted by molar-refractivity contribution is 5.78. The van der Waals surface area contributed by atoms with Gasteiger partial charge >= 0.3 is 0 Å². The molecule has 5 heteroatoms.